The number of primary sulfonamides is 1. The fraction of sp³-hybridized carbons (Fsp3) is 0.188. The summed E-state index contributed by atoms with van der Waals surface area (Å²) in [6.45, 7) is 4.01. The molecule has 7 nitrogen and oxygen atoms in total. The first-order valence-electron chi connectivity index (χ1n) is 7.73. The van der Waals surface area contributed by atoms with E-state index in [0.717, 1.165) is 32.8 Å². The molecule has 3 aromatic rings. The second-order valence-electron chi connectivity index (χ2n) is 5.79. The molecule has 0 spiro atoms. The molecule has 0 unspecified atom stereocenters. The number of nitrogens with zero attached hydrogens (tertiary/aromatic N) is 2. The van der Waals surface area contributed by atoms with Crippen LogP contribution in [0.1, 0.15) is 10.4 Å². The number of aryl methyl sites for hydroxylation is 2. The Labute approximate surface area is 179 Å². The van der Waals surface area contributed by atoms with E-state index in [0.29, 0.717) is 5.03 Å². The highest BCUT2D eigenvalue weighted by atomic mass is 35.5. The second-order valence-corrected chi connectivity index (χ2v) is 10.3. The molecule has 0 aliphatic carbocycles. The molecule has 0 bridgehead atoms. The summed E-state index contributed by atoms with van der Waals surface area (Å²) in [5.41, 5.74) is 1.21. The van der Waals surface area contributed by atoms with Crippen molar-refractivity contribution in [1.29, 1.82) is 0 Å². The first-order valence-corrected chi connectivity index (χ1v) is 11.8. The highest BCUT2D eigenvalue weighted by Crippen LogP contribution is 2.35. The van der Waals surface area contributed by atoms with Crippen molar-refractivity contribution in [2.75, 3.05) is 11.1 Å². The average molecular weight is 477 g/mol. The van der Waals surface area contributed by atoms with Crippen molar-refractivity contribution < 1.29 is 13.2 Å². The zero-order valence-electron chi connectivity index (χ0n) is 14.6. The van der Waals surface area contributed by atoms with Crippen molar-refractivity contribution in [2.24, 2.45) is 5.14 Å². The number of carbonyl (C=O) groups is 1. The highest BCUT2D eigenvalue weighted by Gasteiger charge is 2.18. The van der Waals surface area contributed by atoms with E-state index in [1.807, 2.05) is 13.8 Å². The van der Waals surface area contributed by atoms with Crippen molar-refractivity contribution in [2.45, 2.75) is 23.8 Å². The lowest BCUT2D eigenvalue weighted by molar-refractivity contribution is -0.113. The number of hydrogen-bond donors (Lipinski definition) is 2. The van der Waals surface area contributed by atoms with E-state index in [9.17, 15) is 13.2 Å². The van der Waals surface area contributed by atoms with Gasteiger partial charge in [0.25, 0.3) is 0 Å². The molecule has 28 heavy (non-hydrogen) atoms. The van der Waals surface area contributed by atoms with Crippen LogP contribution >= 0.6 is 46.3 Å². The number of fused-ring (bicyclic) bond motifs is 1. The lowest BCUT2D eigenvalue weighted by Crippen LogP contribution is -2.16. The number of nitrogens with one attached hydrogen (secondary N) is 1. The Bertz CT molecular complexity index is 1170. The Morgan fingerprint density at radius 2 is 1.89 bits per heavy atom. The van der Waals surface area contributed by atoms with E-state index >= 15 is 0 Å². The fourth-order valence-electron chi connectivity index (χ4n) is 2.40. The summed E-state index contributed by atoms with van der Waals surface area (Å²) in [4.78, 5) is 22.7. The topological polar surface area (TPSA) is 115 Å². The quantitative estimate of drug-likeness (QED) is 0.424. The SMILES string of the molecule is Cc1sc2ncnc(SCC(=O)Nc3c(Cl)cc(S(N)(=O)=O)cc3Cl)c2c1C. The third-order valence-electron chi connectivity index (χ3n) is 3.88. The molecule has 0 atom stereocenters. The summed E-state index contributed by atoms with van der Waals surface area (Å²) < 4.78 is 22.9. The van der Waals surface area contributed by atoms with Gasteiger partial charge in [0.05, 0.1) is 26.4 Å². The molecule has 148 valence electrons. The number of anilines is 1. The molecular weight excluding hydrogens is 463 g/mol. The van der Waals surface area contributed by atoms with Gasteiger partial charge in [0, 0.05) is 10.3 Å². The standard InChI is InChI=1S/C16H14Cl2N4O3S3/c1-7-8(2)27-16-13(7)15(20-6-21-16)26-5-12(23)22-14-10(17)3-9(4-11(14)18)28(19,24)25/h3-4,6H,5H2,1-2H3,(H,22,23)(H2,19,24,25). The molecular formula is C16H14Cl2N4O3S3. The van der Waals surface area contributed by atoms with Gasteiger partial charge in [-0.15, -0.1) is 11.3 Å². The Morgan fingerprint density at radius 3 is 2.50 bits per heavy atom. The monoisotopic (exact) mass is 476 g/mol. The van der Waals surface area contributed by atoms with E-state index in [2.05, 4.69) is 15.3 Å². The summed E-state index contributed by atoms with van der Waals surface area (Å²) in [7, 11) is -3.96. The minimum absolute atomic E-state index is 0.0244. The number of thiophene rings is 1. The third-order valence-corrected chi connectivity index (χ3v) is 7.47. The smallest absolute Gasteiger partial charge is 0.238 e. The van der Waals surface area contributed by atoms with Crippen LogP contribution in [0.15, 0.2) is 28.4 Å². The van der Waals surface area contributed by atoms with Crippen LogP contribution in [0, 0.1) is 13.8 Å². The number of rotatable bonds is 5. The molecule has 12 heteroatoms. The molecule has 2 heterocycles. The predicted octanol–water partition coefficient (Wildman–Crippen LogP) is 3.99. The molecule has 0 aliphatic heterocycles. The fourth-order valence-corrected chi connectivity index (χ4v) is 5.59. The summed E-state index contributed by atoms with van der Waals surface area (Å²) in [6, 6.07) is 2.27. The molecule has 0 fully saturated rings. The number of nitrogens with two attached hydrogens (primary N) is 1. The van der Waals surface area contributed by atoms with Gasteiger partial charge in [-0.3, -0.25) is 4.79 Å². The van der Waals surface area contributed by atoms with Gasteiger partial charge in [-0.25, -0.2) is 23.5 Å². The van der Waals surface area contributed by atoms with Crippen LogP contribution in [0.5, 0.6) is 0 Å². The Kier molecular flexibility index (Phi) is 6.18. The summed E-state index contributed by atoms with van der Waals surface area (Å²) >= 11 is 15.0. The van der Waals surface area contributed by atoms with Crippen molar-refractivity contribution in [1.82, 2.24) is 9.97 Å². The molecule has 2 aromatic heterocycles. The van der Waals surface area contributed by atoms with Gasteiger partial charge < -0.3 is 5.32 Å². The summed E-state index contributed by atoms with van der Waals surface area (Å²) in [5.74, 6) is -0.308. The van der Waals surface area contributed by atoms with Gasteiger partial charge in [-0.1, -0.05) is 35.0 Å². The Hall–Kier alpha value is -1.43. The van der Waals surface area contributed by atoms with Crippen LogP contribution in [-0.4, -0.2) is 30.0 Å². The lowest BCUT2D eigenvalue weighted by atomic mass is 10.2. The van der Waals surface area contributed by atoms with Gasteiger partial charge in [-0.05, 0) is 31.5 Å². The number of amides is 1. The number of sulfonamides is 1. The van der Waals surface area contributed by atoms with Crippen LogP contribution in [0.2, 0.25) is 10.0 Å². The number of aromatic nitrogens is 2. The maximum atomic E-state index is 12.4. The van der Waals surface area contributed by atoms with E-state index in [1.165, 1.54) is 18.1 Å². The molecule has 0 saturated carbocycles. The number of thioether (sulfide) groups is 1. The van der Waals surface area contributed by atoms with Crippen molar-refractivity contribution in [3.63, 3.8) is 0 Å². The highest BCUT2D eigenvalue weighted by molar-refractivity contribution is 8.00. The predicted molar refractivity (Wildman–Crippen MR) is 114 cm³/mol. The van der Waals surface area contributed by atoms with Gasteiger partial charge in [0.15, 0.2) is 0 Å². The minimum Gasteiger partial charge on any atom is -0.323 e. The molecule has 0 saturated heterocycles. The van der Waals surface area contributed by atoms with E-state index in [-0.39, 0.29) is 32.3 Å². The number of halogens is 2. The number of benzene rings is 1. The number of hydrogen-bond acceptors (Lipinski definition) is 7. The average Bonchev–Trinajstić information content (AvgIpc) is 2.90. The van der Waals surface area contributed by atoms with Crippen molar-refractivity contribution >= 4 is 78.1 Å². The van der Waals surface area contributed by atoms with Gasteiger partial charge >= 0.3 is 0 Å². The Balaban J connectivity index is 1.77. The first-order chi connectivity index (χ1) is 13.1. The van der Waals surface area contributed by atoms with E-state index in [4.69, 9.17) is 28.3 Å². The van der Waals surface area contributed by atoms with Crippen LogP contribution < -0.4 is 10.5 Å². The van der Waals surface area contributed by atoms with Crippen LogP contribution in [0.4, 0.5) is 5.69 Å². The van der Waals surface area contributed by atoms with Gasteiger partial charge in [-0.2, -0.15) is 0 Å². The molecule has 0 radical (unpaired) electrons. The van der Waals surface area contributed by atoms with Gasteiger partial charge in [0.1, 0.15) is 16.2 Å². The maximum Gasteiger partial charge on any atom is 0.238 e. The summed E-state index contributed by atoms with van der Waals surface area (Å²) in [6.07, 6.45) is 1.47. The summed E-state index contributed by atoms with van der Waals surface area (Å²) in [5, 5.41) is 9.27. The van der Waals surface area contributed by atoms with Crippen LogP contribution in [0.25, 0.3) is 10.2 Å². The second kappa shape index (κ2) is 8.13. The maximum absolute atomic E-state index is 12.4. The van der Waals surface area contributed by atoms with Crippen molar-refractivity contribution in [3.8, 4) is 0 Å². The van der Waals surface area contributed by atoms with Crippen LogP contribution in [0.3, 0.4) is 0 Å². The zero-order valence-corrected chi connectivity index (χ0v) is 18.6. The van der Waals surface area contributed by atoms with E-state index in [1.54, 1.807) is 11.3 Å². The largest absolute Gasteiger partial charge is 0.323 e. The zero-order chi connectivity index (χ0) is 20.6. The number of carbonyl (C=O) groups excluding carboxylic acids is 1. The minimum atomic E-state index is -3.96. The third kappa shape index (κ3) is 4.42. The molecule has 1 aromatic carbocycles. The Morgan fingerprint density at radius 1 is 1.25 bits per heavy atom. The molecule has 3 rings (SSSR count). The van der Waals surface area contributed by atoms with Gasteiger partial charge in [0.2, 0.25) is 15.9 Å². The normalized spacial score (nSPS) is 11.8. The van der Waals surface area contributed by atoms with Crippen LogP contribution in [-0.2, 0) is 14.8 Å². The molecule has 1 amide bonds. The molecule has 3 N–H and O–H groups in total. The lowest BCUT2D eigenvalue weighted by Gasteiger charge is -2.11. The molecule has 0 aliphatic rings. The van der Waals surface area contributed by atoms with Crippen molar-refractivity contribution in [3.05, 3.63) is 38.9 Å². The van der Waals surface area contributed by atoms with E-state index < -0.39 is 10.0 Å². The first kappa shape index (κ1) is 21.3.